The molecule has 21 heavy (non-hydrogen) atoms. The molecule has 0 aromatic heterocycles. The smallest absolute Gasteiger partial charge is 0.336 e. The van der Waals surface area contributed by atoms with E-state index in [4.69, 9.17) is 9.84 Å². The number of benzene rings is 1. The fourth-order valence-corrected chi connectivity index (χ4v) is 2.62. The van der Waals surface area contributed by atoms with Crippen molar-refractivity contribution >= 4 is 17.8 Å². The van der Waals surface area contributed by atoms with Crippen molar-refractivity contribution < 1.29 is 24.2 Å². The number of methoxy groups -OCH3 is 1. The number of carbonyl (C=O) groups excluding carboxylic acids is 2. The number of ether oxygens (including phenoxy) is 1. The number of carbonyl (C=O) groups is 3. The first-order valence-electron chi connectivity index (χ1n) is 6.65. The first kappa shape index (κ1) is 15.0. The number of hydrogen-bond acceptors (Lipinski definition) is 4. The van der Waals surface area contributed by atoms with E-state index in [-0.39, 0.29) is 41.4 Å². The van der Waals surface area contributed by atoms with Crippen LogP contribution in [0.25, 0.3) is 0 Å². The maximum atomic E-state index is 12.5. The van der Waals surface area contributed by atoms with Crippen molar-refractivity contribution in [1.82, 2.24) is 4.90 Å². The van der Waals surface area contributed by atoms with E-state index in [1.165, 1.54) is 24.1 Å². The predicted octanol–water partition coefficient (Wildman–Crippen LogP) is 1.27. The molecule has 0 radical (unpaired) electrons. The lowest BCUT2D eigenvalue weighted by Crippen LogP contribution is -2.31. The van der Waals surface area contributed by atoms with Gasteiger partial charge in [0.15, 0.2) is 0 Å². The highest BCUT2D eigenvalue weighted by molar-refractivity contribution is 6.05. The van der Waals surface area contributed by atoms with Crippen LogP contribution in [0, 0.1) is 11.8 Å². The lowest BCUT2D eigenvalue weighted by atomic mass is 9.99. The van der Waals surface area contributed by atoms with Crippen LogP contribution in [0.2, 0.25) is 0 Å². The Bertz CT molecular complexity index is 583. The Morgan fingerprint density at radius 2 is 1.81 bits per heavy atom. The molecule has 1 N–H and O–H groups in total. The third kappa shape index (κ3) is 2.89. The second kappa shape index (κ2) is 5.95. The van der Waals surface area contributed by atoms with E-state index >= 15 is 0 Å². The van der Waals surface area contributed by atoms with Crippen LogP contribution in [0.3, 0.4) is 0 Å². The molecule has 2 unspecified atom stereocenters. The van der Waals surface area contributed by atoms with E-state index in [1.807, 2.05) is 6.92 Å². The molecule has 0 saturated carbocycles. The fourth-order valence-electron chi connectivity index (χ4n) is 2.62. The predicted molar refractivity (Wildman–Crippen MR) is 74.0 cm³/mol. The van der Waals surface area contributed by atoms with Crippen molar-refractivity contribution in [2.45, 2.75) is 6.92 Å². The zero-order chi connectivity index (χ0) is 15.6. The molecule has 1 amide bonds. The fraction of sp³-hybridized carbons (Fsp3) is 0.400. The van der Waals surface area contributed by atoms with Gasteiger partial charge in [0.25, 0.3) is 5.91 Å². The van der Waals surface area contributed by atoms with E-state index in [0.29, 0.717) is 6.54 Å². The molecule has 1 aromatic carbocycles. The number of esters is 1. The molecule has 1 saturated heterocycles. The summed E-state index contributed by atoms with van der Waals surface area (Å²) in [6.45, 7) is 2.53. The van der Waals surface area contributed by atoms with Gasteiger partial charge in [0, 0.05) is 13.1 Å². The molecule has 0 spiro atoms. The number of hydrogen-bond donors (Lipinski definition) is 1. The number of carboxylic acids is 1. The standard InChI is InChI=1S/C15H17NO5/c1-9-7-16(8-12(9)15(20)21-2)13(17)10-5-3-4-6-11(10)14(18)19/h3-6,9,12H,7-8H2,1-2H3,(H,18,19). The van der Waals surface area contributed by atoms with Gasteiger partial charge in [-0.15, -0.1) is 0 Å². The van der Waals surface area contributed by atoms with E-state index < -0.39 is 5.97 Å². The van der Waals surface area contributed by atoms with Gasteiger partial charge >= 0.3 is 11.9 Å². The van der Waals surface area contributed by atoms with Gasteiger partial charge in [-0.3, -0.25) is 9.59 Å². The van der Waals surface area contributed by atoms with Gasteiger partial charge < -0.3 is 14.7 Å². The Morgan fingerprint density at radius 3 is 2.38 bits per heavy atom. The van der Waals surface area contributed by atoms with Crippen LogP contribution < -0.4 is 0 Å². The lowest BCUT2D eigenvalue weighted by Gasteiger charge is -2.17. The molecule has 1 heterocycles. The van der Waals surface area contributed by atoms with Crippen molar-refractivity contribution in [3.8, 4) is 0 Å². The molecule has 6 heteroatoms. The highest BCUT2D eigenvalue weighted by atomic mass is 16.5. The monoisotopic (exact) mass is 291 g/mol. The van der Waals surface area contributed by atoms with Gasteiger partial charge in [-0.1, -0.05) is 19.1 Å². The van der Waals surface area contributed by atoms with E-state index in [2.05, 4.69) is 0 Å². The molecule has 2 rings (SSSR count). The van der Waals surface area contributed by atoms with Gasteiger partial charge in [0.05, 0.1) is 24.2 Å². The summed E-state index contributed by atoms with van der Waals surface area (Å²) in [5.74, 6) is -2.24. The van der Waals surface area contributed by atoms with Crippen molar-refractivity contribution in [3.63, 3.8) is 0 Å². The first-order chi connectivity index (χ1) is 9.95. The minimum atomic E-state index is -1.14. The molecular formula is C15H17NO5. The Kier molecular flexibility index (Phi) is 4.26. The van der Waals surface area contributed by atoms with Crippen LogP contribution in [-0.2, 0) is 9.53 Å². The molecule has 1 fully saturated rings. The van der Waals surface area contributed by atoms with Crippen molar-refractivity contribution in [2.75, 3.05) is 20.2 Å². The Hall–Kier alpha value is -2.37. The van der Waals surface area contributed by atoms with Crippen LogP contribution in [0.4, 0.5) is 0 Å². The summed E-state index contributed by atoms with van der Waals surface area (Å²) in [6.07, 6.45) is 0. The molecule has 1 aromatic rings. The van der Waals surface area contributed by atoms with E-state index in [9.17, 15) is 14.4 Å². The minimum Gasteiger partial charge on any atom is -0.478 e. The maximum absolute atomic E-state index is 12.5. The second-order valence-electron chi connectivity index (χ2n) is 5.17. The largest absolute Gasteiger partial charge is 0.478 e. The third-order valence-electron chi connectivity index (χ3n) is 3.79. The van der Waals surface area contributed by atoms with Gasteiger partial charge in [0.2, 0.25) is 0 Å². The van der Waals surface area contributed by atoms with Crippen molar-refractivity contribution in [3.05, 3.63) is 35.4 Å². The molecule has 0 aliphatic carbocycles. The normalized spacial score (nSPS) is 21.1. The average Bonchev–Trinajstić information content (AvgIpc) is 2.87. The number of aromatic carboxylic acids is 1. The molecule has 1 aliphatic rings. The van der Waals surface area contributed by atoms with E-state index in [0.717, 1.165) is 0 Å². The summed E-state index contributed by atoms with van der Waals surface area (Å²) in [5.41, 5.74) is 0.111. The Balaban J connectivity index is 2.23. The third-order valence-corrected chi connectivity index (χ3v) is 3.79. The summed E-state index contributed by atoms with van der Waals surface area (Å²) in [4.78, 5) is 36.8. The molecule has 2 atom stereocenters. The zero-order valence-electron chi connectivity index (χ0n) is 11.9. The molecule has 6 nitrogen and oxygen atoms in total. The maximum Gasteiger partial charge on any atom is 0.336 e. The van der Waals surface area contributed by atoms with Crippen LogP contribution >= 0.6 is 0 Å². The first-order valence-corrected chi connectivity index (χ1v) is 6.65. The van der Waals surface area contributed by atoms with Crippen LogP contribution in [-0.4, -0.2) is 48.1 Å². The van der Waals surface area contributed by atoms with Crippen LogP contribution in [0.1, 0.15) is 27.6 Å². The van der Waals surface area contributed by atoms with Crippen LogP contribution in [0.5, 0.6) is 0 Å². The van der Waals surface area contributed by atoms with Gasteiger partial charge in [-0.2, -0.15) is 0 Å². The van der Waals surface area contributed by atoms with Gasteiger partial charge in [-0.25, -0.2) is 4.79 Å². The topological polar surface area (TPSA) is 83.9 Å². The zero-order valence-corrected chi connectivity index (χ0v) is 11.9. The van der Waals surface area contributed by atoms with Crippen LogP contribution in [0.15, 0.2) is 24.3 Å². The summed E-state index contributed by atoms with van der Waals surface area (Å²) in [7, 11) is 1.32. The van der Waals surface area contributed by atoms with Gasteiger partial charge in [-0.05, 0) is 18.1 Å². The Morgan fingerprint density at radius 1 is 1.19 bits per heavy atom. The number of carboxylic acid groups (broad SMARTS) is 1. The minimum absolute atomic E-state index is 0.0154. The summed E-state index contributed by atoms with van der Waals surface area (Å²) in [5, 5.41) is 9.14. The van der Waals surface area contributed by atoms with Gasteiger partial charge in [0.1, 0.15) is 0 Å². The highest BCUT2D eigenvalue weighted by Crippen LogP contribution is 2.26. The molecule has 112 valence electrons. The molecule has 0 bridgehead atoms. The van der Waals surface area contributed by atoms with Crippen molar-refractivity contribution in [1.29, 1.82) is 0 Å². The number of rotatable bonds is 3. The molecular weight excluding hydrogens is 274 g/mol. The average molecular weight is 291 g/mol. The number of amides is 1. The quantitative estimate of drug-likeness (QED) is 0.848. The Labute approximate surface area is 122 Å². The second-order valence-corrected chi connectivity index (χ2v) is 5.17. The number of nitrogens with zero attached hydrogens (tertiary/aromatic N) is 1. The molecule has 1 aliphatic heterocycles. The summed E-state index contributed by atoms with van der Waals surface area (Å²) in [6, 6.07) is 6.08. The number of likely N-dealkylation sites (tertiary alicyclic amines) is 1. The summed E-state index contributed by atoms with van der Waals surface area (Å²) >= 11 is 0. The SMILES string of the molecule is COC(=O)C1CN(C(=O)c2ccccc2C(=O)O)CC1C. The van der Waals surface area contributed by atoms with Crippen molar-refractivity contribution in [2.24, 2.45) is 11.8 Å². The van der Waals surface area contributed by atoms with E-state index in [1.54, 1.807) is 12.1 Å². The lowest BCUT2D eigenvalue weighted by molar-refractivity contribution is -0.146. The highest BCUT2D eigenvalue weighted by Gasteiger charge is 2.38. The summed E-state index contributed by atoms with van der Waals surface area (Å²) < 4.78 is 4.73.